The Morgan fingerprint density at radius 2 is 1.82 bits per heavy atom. The number of nitrogens with one attached hydrogen (secondary N) is 3. The summed E-state index contributed by atoms with van der Waals surface area (Å²) in [4.78, 5) is 41.9. The minimum absolute atomic E-state index is 0.172. The number of fused-ring (bicyclic) bond motifs is 1. The van der Waals surface area contributed by atoms with E-state index in [4.69, 9.17) is 5.73 Å². The Hall–Kier alpha value is -3.65. The monoisotopic (exact) mass is 447 g/mol. The fraction of sp³-hybridized carbons (Fsp3) is 0.320. The number of amides is 4. The summed E-state index contributed by atoms with van der Waals surface area (Å²) in [6, 6.07) is 15.3. The molecule has 0 spiro atoms. The molecule has 0 aliphatic carbocycles. The zero-order valence-corrected chi connectivity index (χ0v) is 18.9. The van der Waals surface area contributed by atoms with E-state index in [-0.39, 0.29) is 17.8 Å². The molecular formula is C25H29N5O3. The van der Waals surface area contributed by atoms with Crippen molar-refractivity contribution in [1.29, 1.82) is 0 Å². The van der Waals surface area contributed by atoms with Crippen LogP contribution in [0.15, 0.2) is 48.5 Å². The Morgan fingerprint density at radius 1 is 1.06 bits per heavy atom. The minimum Gasteiger partial charge on any atom is -0.350 e. The quantitative estimate of drug-likeness (QED) is 0.397. The number of nitrogens with two attached hydrogens (primary N) is 1. The lowest BCUT2D eigenvalue weighted by molar-refractivity contribution is -0.125. The van der Waals surface area contributed by atoms with Gasteiger partial charge >= 0.3 is 6.03 Å². The Kier molecular flexibility index (Phi) is 6.20. The standard InChI is InChI=1S/C25H29N5O3/c1-25(2)23(32)29-24(33)30(25)13-11-16-8-9-20-19(14-16)18(10-12-26)21(28-20)22(31)27-15-17-6-4-3-5-7-17/h3-9,14,28H,10-13,15,26H2,1-2H3,(H,27,31)(H,29,32,33). The van der Waals surface area contributed by atoms with Crippen molar-refractivity contribution >= 4 is 28.7 Å². The molecule has 3 aromatic rings. The summed E-state index contributed by atoms with van der Waals surface area (Å²) in [5.74, 6) is -0.459. The summed E-state index contributed by atoms with van der Waals surface area (Å²) in [6.45, 7) is 4.75. The van der Waals surface area contributed by atoms with Crippen LogP contribution in [0.2, 0.25) is 0 Å². The third-order valence-corrected chi connectivity index (χ3v) is 6.21. The molecule has 8 nitrogen and oxygen atoms in total. The third-order valence-electron chi connectivity index (χ3n) is 6.21. The highest BCUT2D eigenvalue weighted by Gasteiger charge is 2.45. The van der Waals surface area contributed by atoms with Crippen LogP contribution in [0.4, 0.5) is 4.79 Å². The number of aromatic amines is 1. The first-order chi connectivity index (χ1) is 15.8. The molecule has 1 aliphatic rings. The average Bonchev–Trinajstić information content (AvgIpc) is 3.25. The molecule has 33 heavy (non-hydrogen) atoms. The van der Waals surface area contributed by atoms with Crippen LogP contribution in [0.1, 0.15) is 41.0 Å². The van der Waals surface area contributed by atoms with Gasteiger partial charge in [0.25, 0.3) is 11.8 Å². The second kappa shape index (κ2) is 9.07. The summed E-state index contributed by atoms with van der Waals surface area (Å²) in [5, 5.41) is 6.30. The van der Waals surface area contributed by atoms with Gasteiger partial charge in [0.15, 0.2) is 0 Å². The molecule has 0 radical (unpaired) electrons. The van der Waals surface area contributed by atoms with Crippen LogP contribution in [-0.2, 0) is 24.2 Å². The Morgan fingerprint density at radius 3 is 2.48 bits per heavy atom. The number of hydrogen-bond donors (Lipinski definition) is 4. The van der Waals surface area contributed by atoms with E-state index >= 15 is 0 Å². The molecule has 1 aromatic heterocycles. The number of carbonyl (C=O) groups excluding carboxylic acids is 3. The molecule has 8 heteroatoms. The Labute approximate surface area is 192 Å². The van der Waals surface area contributed by atoms with Gasteiger partial charge in [-0.1, -0.05) is 36.4 Å². The number of benzene rings is 2. The molecule has 4 rings (SSSR count). The number of aromatic nitrogens is 1. The molecule has 172 valence electrons. The number of nitrogens with zero attached hydrogens (tertiary/aromatic N) is 1. The zero-order valence-electron chi connectivity index (χ0n) is 18.9. The lowest BCUT2D eigenvalue weighted by Gasteiger charge is -2.27. The maximum absolute atomic E-state index is 12.9. The van der Waals surface area contributed by atoms with Gasteiger partial charge < -0.3 is 20.9 Å². The molecule has 1 fully saturated rings. The number of urea groups is 1. The van der Waals surface area contributed by atoms with Crippen molar-refractivity contribution < 1.29 is 14.4 Å². The molecule has 1 saturated heterocycles. The summed E-state index contributed by atoms with van der Waals surface area (Å²) in [5.41, 5.74) is 9.29. The minimum atomic E-state index is -0.871. The van der Waals surface area contributed by atoms with Gasteiger partial charge in [-0.3, -0.25) is 14.9 Å². The number of carbonyl (C=O) groups is 3. The molecule has 2 aromatic carbocycles. The van der Waals surface area contributed by atoms with E-state index in [0.717, 1.165) is 27.6 Å². The van der Waals surface area contributed by atoms with Crippen LogP contribution < -0.4 is 16.4 Å². The van der Waals surface area contributed by atoms with E-state index in [1.807, 2.05) is 48.5 Å². The summed E-state index contributed by atoms with van der Waals surface area (Å²) in [6.07, 6.45) is 1.15. The van der Waals surface area contributed by atoms with Crippen molar-refractivity contribution in [1.82, 2.24) is 20.5 Å². The smallest absolute Gasteiger partial charge is 0.325 e. The molecule has 4 amide bonds. The van der Waals surface area contributed by atoms with Crippen molar-refractivity contribution in [3.05, 3.63) is 70.9 Å². The second-order valence-corrected chi connectivity index (χ2v) is 8.79. The van der Waals surface area contributed by atoms with E-state index < -0.39 is 5.54 Å². The van der Waals surface area contributed by atoms with E-state index in [9.17, 15) is 14.4 Å². The van der Waals surface area contributed by atoms with Gasteiger partial charge in [0, 0.05) is 24.0 Å². The highest BCUT2D eigenvalue weighted by Crippen LogP contribution is 2.26. The highest BCUT2D eigenvalue weighted by molar-refractivity contribution is 6.06. The summed E-state index contributed by atoms with van der Waals surface area (Å²) < 4.78 is 0. The van der Waals surface area contributed by atoms with E-state index in [2.05, 4.69) is 15.6 Å². The Bertz CT molecular complexity index is 1200. The largest absolute Gasteiger partial charge is 0.350 e. The van der Waals surface area contributed by atoms with Gasteiger partial charge in [-0.15, -0.1) is 0 Å². The topological polar surface area (TPSA) is 120 Å². The molecule has 0 bridgehead atoms. The van der Waals surface area contributed by atoms with Gasteiger partial charge in [0.1, 0.15) is 11.2 Å². The fourth-order valence-electron chi connectivity index (χ4n) is 4.23. The fourth-order valence-corrected chi connectivity index (χ4v) is 4.23. The molecule has 5 N–H and O–H groups in total. The number of H-pyrrole nitrogens is 1. The van der Waals surface area contributed by atoms with Crippen LogP contribution in [-0.4, -0.2) is 46.4 Å². The molecule has 0 atom stereocenters. The molecule has 0 saturated carbocycles. The van der Waals surface area contributed by atoms with E-state index in [0.29, 0.717) is 38.2 Å². The van der Waals surface area contributed by atoms with Gasteiger partial charge in [-0.25, -0.2) is 4.79 Å². The maximum Gasteiger partial charge on any atom is 0.325 e. The van der Waals surface area contributed by atoms with Crippen LogP contribution in [0.25, 0.3) is 10.9 Å². The van der Waals surface area contributed by atoms with Crippen LogP contribution >= 0.6 is 0 Å². The van der Waals surface area contributed by atoms with Crippen molar-refractivity contribution in [3.8, 4) is 0 Å². The van der Waals surface area contributed by atoms with Gasteiger partial charge in [0.2, 0.25) is 0 Å². The molecule has 1 aliphatic heterocycles. The van der Waals surface area contributed by atoms with Crippen LogP contribution in [0.3, 0.4) is 0 Å². The number of imide groups is 1. The lowest BCUT2D eigenvalue weighted by atomic mass is 10.0. The van der Waals surface area contributed by atoms with Crippen LogP contribution in [0.5, 0.6) is 0 Å². The lowest BCUT2D eigenvalue weighted by Crippen LogP contribution is -2.45. The summed E-state index contributed by atoms with van der Waals surface area (Å²) in [7, 11) is 0. The van der Waals surface area contributed by atoms with Crippen LogP contribution in [0, 0.1) is 0 Å². The first-order valence-electron chi connectivity index (χ1n) is 11.1. The molecule has 2 heterocycles. The third kappa shape index (κ3) is 4.47. The van der Waals surface area contributed by atoms with Gasteiger partial charge in [-0.2, -0.15) is 0 Å². The SMILES string of the molecule is CC1(C)C(=O)NC(=O)N1CCc1ccc2[nH]c(C(=O)NCc3ccccc3)c(CCN)c2c1. The van der Waals surface area contributed by atoms with Gasteiger partial charge in [-0.05, 0) is 62.1 Å². The molecular weight excluding hydrogens is 418 g/mol. The maximum atomic E-state index is 12.9. The first-order valence-corrected chi connectivity index (χ1v) is 11.1. The highest BCUT2D eigenvalue weighted by atomic mass is 16.2. The number of rotatable bonds is 8. The van der Waals surface area contributed by atoms with Crippen molar-refractivity contribution in [3.63, 3.8) is 0 Å². The van der Waals surface area contributed by atoms with Gasteiger partial charge in [0.05, 0.1) is 0 Å². The van der Waals surface area contributed by atoms with E-state index in [1.54, 1.807) is 18.7 Å². The first kappa shape index (κ1) is 22.5. The van der Waals surface area contributed by atoms with E-state index in [1.165, 1.54) is 0 Å². The second-order valence-electron chi connectivity index (χ2n) is 8.79. The van der Waals surface area contributed by atoms with Crippen molar-refractivity contribution in [2.45, 2.75) is 38.8 Å². The zero-order chi connectivity index (χ0) is 23.6. The average molecular weight is 448 g/mol. The summed E-state index contributed by atoms with van der Waals surface area (Å²) >= 11 is 0. The predicted octanol–water partition coefficient (Wildman–Crippen LogP) is 2.47. The normalized spacial score (nSPS) is 15.2. The van der Waals surface area contributed by atoms with Crippen molar-refractivity contribution in [2.24, 2.45) is 5.73 Å². The Balaban J connectivity index is 1.54. The molecule has 0 unspecified atom stereocenters. The number of hydrogen-bond acceptors (Lipinski definition) is 4. The van der Waals surface area contributed by atoms with Crippen molar-refractivity contribution in [2.75, 3.05) is 13.1 Å². The predicted molar refractivity (Wildman–Crippen MR) is 127 cm³/mol.